The first-order valence-corrected chi connectivity index (χ1v) is 8.17. The Morgan fingerprint density at radius 2 is 1.80 bits per heavy atom. The Labute approximate surface area is 145 Å². The van der Waals surface area contributed by atoms with Gasteiger partial charge in [-0.05, 0) is 39.0 Å². The minimum absolute atomic E-state index is 0.198. The van der Waals surface area contributed by atoms with Crippen molar-refractivity contribution in [2.24, 2.45) is 0 Å². The number of aryl methyl sites for hydroxylation is 2. The van der Waals surface area contributed by atoms with Crippen molar-refractivity contribution in [1.82, 2.24) is 9.78 Å². The molecule has 1 aromatic heterocycles. The molecule has 25 heavy (non-hydrogen) atoms. The number of para-hydroxylation sites is 2. The average molecular weight is 340 g/mol. The fraction of sp³-hybridized carbons (Fsp3) is 0.333. The van der Waals surface area contributed by atoms with Gasteiger partial charge in [-0.2, -0.15) is 5.10 Å². The van der Waals surface area contributed by atoms with Crippen LogP contribution < -0.4 is 10.2 Å². The number of nitrogens with one attached hydrogen (secondary N) is 1. The van der Waals surface area contributed by atoms with E-state index in [1.165, 1.54) is 0 Å². The van der Waals surface area contributed by atoms with E-state index in [-0.39, 0.29) is 30.6 Å². The van der Waals surface area contributed by atoms with Crippen molar-refractivity contribution >= 4 is 29.1 Å². The highest BCUT2D eigenvalue weighted by molar-refractivity contribution is 6.21. The van der Waals surface area contributed by atoms with Crippen LogP contribution in [-0.2, 0) is 14.4 Å². The first kappa shape index (κ1) is 16.9. The molecule has 2 aromatic rings. The SMILES string of the molecule is Cc1cc(C)n(C(C)C(=O)Nc2ccccc2N2C(=O)CCC2=O)n1. The van der Waals surface area contributed by atoms with Gasteiger partial charge in [0.25, 0.3) is 0 Å². The third-order valence-electron chi connectivity index (χ3n) is 4.25. The zero-order chi connectivity index (χ0) is 18.1. The predicted molar refractivity (Wildman–Crippen MR) is 93.2 cm³/mol. The minimum atomic E-state index is -0.522. The van der Waals surface area contributed by atoms with Crippen molar-refractivity contribution in [1.29, 1.82) is 0 Å². The van der Waals surface area contributed by atoms with E-state index in [9.17, 15) is 14.4 Å². The van der Waals surface area contributed by atoms with Crippen LogP contribution in [0.25, 0.3) is 0 Å². The molecule has 0 spiro atoms. The summed E-state index contributed by atoms with van der Waals surface area (Å²) in [5.41, 5.74) is 2.57. The van der Waals surface area contributed by atoms with Gasteiger partial charge in [0, 0.05) is 18.5 Å². The van der Waals surface area contributed by atoms with Crippen LogP contribution >= 0.6 is 0 Å². The lowest BCUT2D eigenvalue weighted by molar-refractivity contribution is -0.121. The van der Waals surface area contributed by atoms with E-state index < -0.39 is 6.04 Å². The molecule has 0 saturated carbocycles. The molecule has 1 fully saturated rings. The molecule has 1 aliphatic heterocycles. The molecule has 0 aliphatic carbocycles. The lowest BCUT2D eigenvalue weighted by atomic mass is 10.2. The summed E-state index contributed by atoms with van der Waals surface area (Å²) >= 11 is 0. The molecule has 1 aromatic carbocycles. The molecular formula is C18H20N4O3. The number of imide groups is 1. The second-order valence-corrected chi connectivity index (χ2v) is 6.18. The van der Waals surface area contributed by atoms with Gasteiger partial charge in [-0.25, -0.2) is 4.90 Å². The molecule has 1 atom stereocenters. The van der Waals surface area contributed by atoms with Gasteiger partial charge in [-0.1, -0.05) is 12.1 Å². The Kier molecular flexibility index (Phi) is 4.39. The van der Waals surface area contributed by atoms with Crippen molar-refractivity contribution in [3.63, 3.8) is 0 Å². The standard InChI is InChI=1S/C18H20N4O3/c1-11-10-12(2)22(20-11)13(3)18(25)19-14-6-4-5-7-15(14)21-16(23)8-9-17(21)24/h4-7,10,13H,8-9H2,1-3H3,(H,19,25). The molecule has 3 rings (SSSR count). The van der Waals surface area contributed by atoms with Gasteiger partial charge in [-0.15, -0.1) is 0 Å². The number of aromatic nitrogens is 2. The monoisotopic (exact) mass is 340 g/mol. The number of rotatable bonds is 4. The molecular weight excluding hydrogens is 320 g/mol. The van der Waals surface area contributed by atoms with Gasteiger partial charge in [0.1, 0.15) is 6.04 Å². The van der Waals surface area contributed by atoms with E-state index in [2.05, 4.69) is 10.4 Å². The molecule has 7 heteroatoms. The molecule has 0 bridgehead atoms. The summed E-state index contributed by atoms with van der Waals surface area (Å²) in [6.07, 6.45) is 0.395. The van der Waals surface area contributed by atoms with E-state index in [0.717, 1.165) is 16.3 Å². The fourth-order valence-electron chi connectivity index (χ4n) is 3.01. The number of carbonyl (C=O) groups is 3. The molecule has 1 saturated heterocycles. The fourth-order valence-corrected chi connectivity index (χ4v) is 3.01. The highest BCUT2D eigenvalue weighted by Crippen LogP contribution is 2.30. The summed E-state index contributed by atoms with van der Waals surface area (Å²) in [7, 11) is 0. The zero-order valence-corrected chi connectivity index (χ0v) is 14.4. The number of benzene rings is 1. The molecule has 7 nitrogen and oxygen atoms in total. The molecule has 2 heterocycles. The topological polar surface area (TPSA) is 84.3 Å². The summed E-state index contributed by atoms with van der Waals surface area (Å²) in [6.45, 7) is 5.51. The number of amides is 3. The third-order valence-corrected chi connectivity index (χ3v) is 4.25. The van der Waals surface area contributed by atoms with Crippen LogP contribution in [0.1, 0.15) is 37.2 Å². The molecule has 1 N–H and O–H groups in total. The second-order valence-electron chi connectivity index (χ2n) is 6.18. The lowest BCUT2D eigenvalue weighted by Crippen LogP contribution is -2.31. The number of hydrogen-bond acceptors (Lipinski definition) is 4. The maximum Gasteiger partial charge on any atom is 0.249 e. The van der Waals surface area contributed by atoms with Crippen molar-refractivity contribution in [2.45, 2.75) is 39.7 Å². The van der Waals surface area contributed by atoms with Crippen LogP contribution in [0.4, 0.5) is 11.4 Å². The summed E-state index contributed by atoms with van der Waals surface area (Å²) in [5.74, 6) is -0.769. The number of nitrogens with zero attached hydrogens (tertiary/aromatic N) is 3. The van der Waals surface area contributed by atoms with Crippen LogP contribution in [-0.4, -0.2) is 27.5 Å². The van der Waals surface area contributed by atoms with Gasteiger partial charge >= 0.3 is 0 Å². The number of carbonyl (C=O) groups excluding carboxylic acids is 3. The molecule has 3 amide bonds. The largest absolute Gasteiger partial charge is 0.322 e. The van der Waals surface area contributed by atoms with Gasteiger partial charge < -0.3 is 5.32 Å². The maximum atomic E-state index is 12.6. The predicted octanol–water partition coefficient (Wildman–Crippen LogP) is 2.35. The summed E-state index contributed by atoms with van der Waals surface area (Å²) in [4.78, 5) is 37.8. The minimum Gasteiger partial charge on any atom is -0.322 e. The van der Waals surface area contributed by atoms with Gasteiger partial charge in [0.05, 0.1) is 17.1 Å². The van der Waals surface area contributed by atoms with E-state index in [1.807, 2.05) is 19.9 Å². The first-order valence-electron chi connectivity index (χ1n) is 8.17. The van der Waals surface area contributed by atoms with Crippen molar-refractivity contribution in [3.05, 3.63) is 41.7 Å². The van der Waals surface area contributed by atoms with E-state index in [1.54, 1.807) is 35.9 Å². The van der Waals surface area contributed by atoms with E-state index in [0.29, 0.717) is 11.4 Å². The van der Waals surface area contributed by atoms with E-state index >= 15 is 0 Å². The number of anilines is 2. The number of hydrogen-bond donors (Lipinski definition) is 1. The van der Waals surface area contributed by atoms with Crippen LogP contribution in [0.5, 0.6) is 0 Å². The van der Waals surface area contributed by atoms with Gasteiger partial charge in [0.15, 0.2) is 0 Å². The molecule has 0 radical (unpaired) electrons. The quantitative estimate of drug-likeness (QED) is 0.866. The highest BCUT2D eigenvalue weighted by Gasteiger charge is 2.32. The smallest absolute Gasteiger partial charge is 0.249 e. The van der Waals surface area contributed by atoms with Crippen LogP contribution in [0.2, 0.25) is 0 Å². The Balaban J connectivity index is 1.86. The lowest BCUT2D eigenvalue weighted by Gasteiger charge is -2.20. The van der Waals surface area contributed by atoms with Gasteiger partial charge in [0.2, 0.25) is 17.7 Å². The third kappa shape index (κ3) is 3.17. The molecule has 1 aliphatic rings. The molecule has 1 unspecified atom stereocenters. The van der Waals surface area contributed by atoms with E-state index in [4.69, 9.17) is 0 Å². The Bertz CT molecular complexity index is 840. The van der Waals surface area contributed by atoms with Crippen LogP contribution in [0.3, 0.4) is 0 Å². The first-order chi connectivity index (χ1) is 11.9. The summed E-state index contributed by atoms with van der Waals surface area (Å²) in [6, 6.07) is 8.20. The van der Waals surface area contributed by atoms with Crippen molar-refractivity contribution in [3.8, 4) is 0 Å². The Morgan fingerprint density at radius 1 is 1.16 bits per heavy atom. The Morgan fingerprint density at radius 3 is 2.40 bits per heavy atom. The Hall–Kier alpha value is -2.96. The van der Waals surface area contributed by atoms with Crippen LogP contribution in [0.15, 0.2) is 30.3 Å². The zero-order valence-electron chi connectivity index (χ0n) is 14.4. The second kappa shape index (κ2) is 6.51. The summed E-state index contributed by atoms with van der Waals surface area (Å²) < 4.78 is 1.65. The normalized spacial score (nSPS) is 15.6. The summed E-state index contributed by atoms with van der Waals surface area (Å²) in [5, 5.41) is 7.15. The van der Waals surface area contributed by atoms with Crippen molar-refractivity contribution in [2.75, 3.05) is 10.2 Å². The average Bonchev–Trinajstić information content (AvgIpc) is 3.08. The van der Waals surface area contributed by atoms with Crippen LogP contribution in [0, 0.1) is 13.8 Å². The van der Waals surface area contributed by atoms with Crippen molar-refractivity contribution < 1.29 is 14.4 Å². The maximum absolute atomic E-state index is 12.6. The van der Waals surface area contributed by atoms with Gasteiger partial charge in [-0.3, -0.25) is 19.1 Å². The highest BCUT2D eigenvalue weighted by atomic mass is 16.2. The molecule has 130 valence electrons.